The van der Waals surface area contributed by atoms with Crippen LogP contribution in [0.2, 0.25) is 0 Å². The summed E-state index contributed by atoms with van der Waals surface area (Å²) >= 11 is 0. The Kier molecular flexibility index (Phi) is 12.8. The van der Waals surface area contributed by atoms with E-state index in [0.717, 1.165) is 16.7 Å². The number of aromatic nitrogens is 2. The van der Waals surface area contributed by atoms with E-state index in [-0.39, 0.29) is 114 Å². The van der Waals surface area contributed by atoms with Crippen molar-refractivity contribution >= 4 is 125 Å². The van der Waals surface area contributed by atoms with Crippen LogP contribution >= 0.6 is 0 Å². The van der Waals surface area contributed by atoms with Crippen LogP contribution < -0.4 is 21.1 Å². The maximum atomic E-state index is 12.4. The molecule has 8 nitrogen and oxygen atoms in total. The van der Waals surface area contributed by atoms with Crippen molar-refractivity contribution < 1.29 is 13.2 Å². The number of H-pyrrole nitrogens is 1. The Morgan fingerprint density at radius 1 is 1.03 bits per heavy atom. The Morgan fingerprint density at radius 3 is 2.17 bits per heavy atom. The van der Waals surface area contributed by atoms with Gasteiger partial charge in [-0.25, -0.2) is 18.4 Å². The molecule has 0 spiro atoms. The van der Waals surface area contributed by atoms with Crippen molar-refractivity contribution in [1.29, 1.82) is 0 Å². The number of ether oxygens (including phenoxy) is 1. The Labute approximate surface area is 290 Å². The normalized spacial score (nSPS) is 11.6. The molecule has 11 heteroatoms. The molecule has 0 aliphatic carbocycles. The third kappa shape index (κ3) is 9.27. The maximum absolute atomic E-state index is 12.4. The molecule has 0 unspecified atom stereocenters. The number of nitrogens with two attached hydrogens (primary N) is 1. The molecule has 178 valence electrons. The molecule has 0 saturated heterocycles. The summed E-state index contributed by atoms with van der Waals surface area (Å²) in [7, 11) is -2.00. The Bertz CT molecular complexity index is 1420. The van der Waals surface area contributed by atoms with E-state index in [2.05, 4.69) is 4.98 Å². The number of rotatable bonds is 6. The second-order valence-electron chi connectivity index (χ2n) is 8.73. The van der Waals surface area contributed by atoms with Gasteiger partial charge < -0.3 is 4.74 Å². The van der Waals surface area contributed by atoms with Gasteiger partial charge in [-0.05, 0) is 28.7 Å². The van der Waals surface area contributed by atoms with Gasteiger partial charge in [-0.3, -0.25) is 14.3 Å². The minimum atomic E-state index is -3.59. The van der Waals surface area contributed by atoms with Gasteiger partial charge >= 0.3 is 108 Å². The molecule has 1 aromatic heterocycles. The average Bonchev–Trinajstić information content (AvgIpc) is 2.71. The average molecular weight is 550 g/mol. The number of benzene rings is 2. The van der Waals surface area contributed by atoms with Crippen LogP contribution in [0.25, 0.3) is 17.8 Å². The number of primary sulfonamides is 1. The van der Waals surface area contributed by atoms with E-state index in [4.69, 9.17) is 9.88 Å². The number of nitrogens with one attached hydrogen (secondary N) is 1. The number of hydrogen-bond donors (Lipinski definition) is 2. The molecule has 0 atom stereocenters. The SMILES string of the molecule is COc1c(/C=C/c2ccc(CS(N)(=O)=O)cc2)cc(-n2ccc(=O)[nH]c2=O)cc1C(C)(C)C.[KH].[KH]. The van der Waals surface area contributed by atoms with E-state index >= 15 is 0 Å². The first kappa shape index (κ1) is 32.9. The summed E-state index contributed by atoms with van der Waals surface area (Å²) in [5.74, 6) is 0.446. The van der Waals surface area contributed by atoms with Crippen LogP contribution in [0.4, 0.5) is 0 Å². The van der Waals surface area contributed by atoms with Gasteiger partial charge in [0.25, 0.3) is 5.56 Å². The summed E-state index contributed by atoms with van der Waals surface area (Å²) in [5.41, 5.74) is 2.38. The topological polar surface area (TPSA) is 124 Å². The third-order valence-electron chi connectivity index (χ3n) is 5.02. The Hall–Kier alpha value is -0.157. The first-order valence-corrected chi connectivity index (χ1v) is 11.9. The van der Waals surface area contributed by atoms with Crippen LogP contribution in [0.15, 0.2) is 58.3 Å². The van der Waals surface area contributed by atoms with E-state index < -0.39 is 21.3 Å². The van der Waals surface area contributed by atoms with E-state index in [1.54, 1.807) is 37.4 Å². The fourth-order valence-corrected chi connectivity index (χ4v) is 4.10. The van der Waals surface area contributed by atoms with Crippen LogP contribution in [0.1, 0.15) is 43.0 Å². The predicted molar refractivity (Wildman–Crippen MR) is 144 cm³/mol. The first-order valence-electron chi connectivity index (χ1n) is 10.2. The summed E-state index contributed by atoms with van der Waals surface area (Å²) in [6, 6.07) is 12.0. The van der Waals surface area contributed by atoms with Gasteiger partial charge in [0.2, 0.25) is 10.0 Å². The fourth-order valence-electron chi connectivity index (χ4n) is 3.45. The molecule has 3 aromatic rings. The van der Waals surface area contributed by atoms with Gasteiger partial charge in [0.15, 0.2) is 0 Å². The van der Waals surface area contributed by atoms with Crippen molar-refractivity contribution in [2.75, 3.05) is 7.11 Å². The quantitative estimate of drug-likeness (QED) is 0.356. The van der Waals surface area contributed by atoms with Crippen molar-refractivity contribution in [3.63, 3.8) is 0 Å². The monoisotopic (exact) mass is 549 g/mol. The number of sulfonamides is 1. The molecule has 3 N–H and O–H groups in total. The molecule has 0 saturated carbocycles. The standard InChI is InChI=1S/C24H27N3O5S.2K.2H/c1-24(2,3)20-14-19(27-12-11-21(28)26-23(27)29)13-18(22(20)32-4)10-9-16-5-7-17(8-6-16)15-33(25,30)31;;;;/h5-14H,15H2,1-4H3,(H2,25,30,31)(H,26,28,29);;;;/b10-9+;;;;. The molecule has 1 heterocycles. The van der Waals surface area contributed by atoms with Gasteiger partial charge in [-0.1, -0.05) is 57.2 Å². The second-order valence-corrected chi connectivity index (χ2v) is 10.3. The van der Waals surface area contributed by atoms with Crippen molar-refractivity contribution in [2.45, 2.75) is 31.9 Å². The summed E-state index contributed by atoms with van der Waals surface area (Å²) in [6.07, 6.45) is 5.17. The third-order valence-corrected chi connectivity index (χ3v) is 5.76. The zero-order chi connectivity index (χ0) is 24.4. The molecule has 2 aromatic carbocycles. The fraction of sp³-hybridized carbons (Fsp3) is 0.250. The summed E-state index contributed by atoms with van der Waals surface area (Å²) in [5, 5.41) is 5.10. The zero-order valence-corrected chi connectivity index (χ0v) is 19.8. The van der Waals surface area contributed by atoms with Gasteiger partial charge in [0.05, 0.1) is 18.6 Å². The van der Waals surface area contributed by atoms with Crippen LogP contribution in [0, 0.1) is 0 Å². The number of aromatic amines is 1. The summed E-state index contributed by atoms with van der Waals surface area (Å²) in [4.78, 5) is 26.1. The molecule has 0 amide bonds. The first-order chi connectivity index (χ1) is 15.4. The van der Waals surface area contributed by atoms with E-state index in [1.165, 1.54) is 16.8 Å². The van der Waals surface area contributed by atoms with Crippen molar-refractivity contribution in [1.82, 2.24) is 9.55 Å². The van der Waals surface area contributed by atoms with Crippen molar-refractivity contribution in [3.8, 4) is 11.4 Å². The van der Waals surface area contributed by atoms with E-state index in [9.17, 15) is 18.0 Å². The summed E-state index contributed by atoms with van der Waals surface area (Å²) < 4.78 is 29.7. The van der Waals surface area contributed by atoms with Gasteiger partial charge in [-0.15, -0.1) is 0 Å². The molecule has 35 heavy (non-hydrogen) atoms. The molecular weight excluding hydrogens is 521 g/mol. The molecule has 0 fully saturated rings. The number of methoxy groups -OCH3 is 1. The minimum absolute atomic E-state index is 0. The van der Waals surface area contributed by atoms with Crippen LogP contribution in [-0.2, 0) is 21.2 Å². The molecule has 0 radical (unpaired) electrons. The van der Waals surface area contributed by atoms with Crippen molar-refractivity contribution in [3.05, 3.63) is 91.8 Å². The number of hydrogen-bond acceptors (Lipinski definition) is 5. The molecule has 0 aliphatic heterocycles. The predicted octanol–water partition coefficient (Wildman–Crippen LogP) is 1.49. The second kappa shape index (κ2) is 13.6. The molecule has 3 rings (SSSR count). The van der Waals surface area contributed by atoms with Gasteiger partial charge in [0.1, 0.15) is 5.75 Å². The van der Waals surface area contributed by atoms with Gasteiger partial charge in [-0.2, -0.15) is 0 Å². The van der Waals surface area contributed by atoms with Gasteiger partial charge in [0, 0.05) is 23.4 Å². The van der Waals surface area contributed by atoms with Crippen LogP contribution in [-0.4, -0.2) is 128 Å². The number of nitrogens with zero attached hydrogens (tertiary/aromatic N) is 1. The molecule has 0 bridgehead atoms. The Morgan fingerprint density at radius 2 is 1.66 bits per heavy atom. The van der Waals surface area contributed by atoms with Crippen LogP contribution in [0.5, 0.6) is 5.75 Å². The summed E-state index contributed by atoms with van der Waals surface area (Å²) in [6.45, 7) is 6.13. The van der Waals surface area contributed by atoms with E-state index in [1.807, 2.05) is 39.0 Å². The Balaban J connectivity index is 0.00000306. The molecule has 0 aliphatic rings. The molecular formula is C24H29K2N3O5S. The van der Waals surface area contributed by atoms with Crippen molar-refractivity contribution in [2.24, 2.45) is 5.14 Å². The zero-order valence-electron chi connectivity index (χ0n) is 19.0. The van der Waals surface area contributed by atoms with Crippen LogP contribution in [0.3, 0.4) is 0 Å². The van der Waals surface area contributed by atoms with E-state index in [0.29, 0.717) is 17.0 Å².